The summed E-state index contributed by atoms with van der Waals surface area (Å²) in [7, 11) is 3.49. The number of rotatable bonds is 0. The average Bonchev–Trinajstić information content (AvgIpc) is 3.04. The Kier molecular flexibility index (Phi) is 3.10. The zero-order valence-electron chi connectivity index (χ0n) is 10.7. The van der Waals surface area contributed by atoms with E-state index in [4.69, 9.17) is 0 Å². The lowest BCUT2D eigenvalue weighted by molar-refractivity contribution is 0.675. The number of hydrogen-bond donors (Lipinski definition) is 0. The van der Waals surface area contributed by atoms with Crippen LogP contribution in [-0.4, -0.2) is 23.9 Å². The predicted octanol–water partition coefficient (Wildman–Crippen LogP) is -0.926. The first kappa shape index (κ1) is 13.3. The van der Waals surface area contributed by atoms with Crippen molar-refractivity contribution in [1.29, 1.82) is 0 Å². The molecule has 0 saturated heterocycles. The van der Waals surface area contributed by atoms with Crippen LogP contribution in [0.25, 0.3) is 10.1 Å². The van der Waals surface area contributed by atoms with Crippen molar-refractivity contribution < 1.29 is 0 Å². The molecule has 0 bridgehead atoms. The summed E-state index contributed by atoms with van der Waals surface area (Å²) in [5, 5.41) is 4.55. The van der Waals surface area contributed by atoms with Gasteiger partial charge in [-0.2, -0.15) is 0 Å². The molecular weight excluding hydrogens is 296 g/mol. The van der Waals surface area contributed by atoms with Gasteiger partial charge in [-0.25, -0.2) is 0 Å². The van der Waals surface area contributed by atoms with E-state index in [1.165, 1.54) is 23.5 Å². The Bertz CT molecular complexity index is 835. The molecule has 1 aromatic carbocycles. The van der Waals surface area contributed by atoms with Gasteiger partial charge in [0.2, 0.25) is 16.3 Å². The third-order valence-electron chi connectivity index (χ3n) is 3.11. The third-order valence-corrected chi connectivity index (χ3v) is 5.06. The first-order chi connectivity index (χ1) is 9.52. The van der Waals surface area contributed by atoms with Gasteiger partial charge in [-0.05, 0) is 10.8 Å². The second-order valence-electron chi connectivity index (χ2n) is 4.38. The zero-order chi connectivity index (χ0) is 14.4. The van der Waals surface area contributed by atoms with Crippen molar-refractivity contribution in [1.82, 2.24) is 9.80 Å². The van der Waals surface area contributed by atoms with Crippen LogP contribution in [0.15, 0.2) is 37.6 Å². The highest BCUT2D eigenvalue weighted by molar-refractivity contribution is 8.11. The van der Waals surface area contributed by atoms with Gasteiger partial charge in [0.05, 0.1) is 10.1 Å². The van der Waals surface area contributed by atoms with Gasteiger partial charge in [0, 0.05) is 26.5 Å². The van der Waals surface area contributed by atoms with Gasteiger partial charge in [-0.15, -0.1) is 0 Å². The molecule has 0 radical (unpaired) electrons. The summed E-state index contributed by atoms with van der Waals surface area (Å²) in [5.41, 5.74) is -1.90. The molecule has 0 N–H and O–H groups in total. The van der Waals surface area contributed by atoms with Crippen LogP contribution in [0.5, 0.6) is 0 Å². The van der Waals surface area contributed by atoms with E-state index >= 15 is 0 Å². The summed E-state index contributed by atoms with van der Waals surface area (Å²) in [5.74, 6) is 0. The molecule has 0 amide bonds. The van der Waals surface area contributed by atoms with Crippen molar-refractivity contribution in [3.8, 4) is 0 Å². The Morgan fingerprint density at radius 1 is 0.750 bits per heavy atom. The van der Waals surface area contributed by atoms with Crippen LogP contribution < -0.4 is 26.7 Å². The average molecular weight is 306 g/mol. The van der Waals surface area contributed by atoms with Crippen molar-refractivity contribution in [3.63, 3.8) is 0 Å². The molecule has 0 fully saturated rings. The number of thioether (sulfide) groups is 2. The fourth-order valence-electron chi connectivity index (χ4n) is 2.09. The number of hydrogen-bond acceptors (Lipinski definition) is 7. The molecule has 2 aliphatic heterocycles. The standard InChI is InChI=1S/C13H10N2O3S2/c1-14-3-5-19-12(14)7-9(16)8(11(18)10(7)17)13-15(2)4-6-20-13/h3-6H,1-2H3. The van der Waals surface area contributed by atoms with Crippen molar-refractivity contribution in [2.24, 2.45) is 0 Å². The third kappa shape index (κ3) is 1.77. The number of nitrogens with zero attached hydrogens (tertiary/aromatic N) is 2. The lowest BCUT2D eigenvalue weighted by Crippen LogP contribution is -2.40. The monoisotopic (exact) mass is 306 g/mol. The molecule has 20 heavy (non-hydrogen) atoms. The van der Waals surface area contributed by atoms with E-state index in [9.17, 15) is 14.4 Å². The molecule has 1 aromatic rings. The van der Waals surface area contributed by atoms with Gasteiger partial charge in [-0.3, -0.25) is 14.4 Å². The SMILES string of the molecule is CN1C=CSC1=c1c(=O)c(=O)c(=C2SC=CN2C)c1=O. The van der Waals surface area contributed by atoms with Crippen LogP contribution in [-0.2, 0) is 0 Å². The van der Waals surface area contributed by atoms with Crippen LogP contribution in [0.4, 0.5) is 0 Å². The van der Waals surface area contributed by atoms with Gasteiger partial charge >= 0.3 is 0 Å². The first-order valence-electron chi connectivity index (χ1n) is 5.77. The van der Waals surface area contributed by atoms with Gasteiger partial charge < -0.3 is 9.80 Å². The summed E-state index contributed by atoms with van der Waals surface area (Å²) >= 11 is 2.55. The van der Waals surface area contributed by atoms with E-state index in [-0.39, 0.29) is 10.4 Å². The first-order valence-corrected chi connectivity index (χ1v) is 7.53. The topological polar surface area (TPSA) is 57.7 Å². The lowest BCUT2D eigenvalue weighted by Gasteiger charge is -2.08. The van der Waals surface area contributed by atoms with E-state index in [0.717, 1.165) is 0 Å². The highest BCUT2D eigenvalue weighted by Gasteiger charge is 2.21. The van der Waals surface area contributed by atoms with Crippen LogP contribution in [0, 0.1) is 0 Å². The molecule has 0 spiro atoms. The van der Waals surface area contributed by atoms with Crippen LogP contribution in [0.1, 0.15) is 0 Å². The summed E-state index contributed by atoms with van der Waals surface area (Å²) in [4.78, 5) is 40.1. The molecule has 2 heterocycles. The Morgan fingerprint density at radius 3 is 1.45 bits per heavy atom. The van der Waals surface area contributed by atoms with E-state index in [0.29, 0.717) is 10.1 Å². The summed E-state index contributed by atoms with van der Waals surface area (Å²) < 4.78 is 0. The molecule has 0 atom stereocenters. The van der Waals surface area contributed by atoms with Crippen LogP contribution in [0.2, 0.25) is 0 Å². The highest BCUT2D eigenvalue weighted by Crippen LogP contribution is 2.27. The van der Waals surface area contributed by atoms with E-state index < -0.39 is 16.3 Å². The zero-order valence-corrected chi connectivity index (χ0v) is 12.4. The maximum absolute atomic E-state index is 12.5. The molecular formula is C13H10N2O3S2. The molecule has 2 aliphatic rings. The predicted molar refractivity (Wildman–Crippen MR) is 82.7 cm³/mol. The second kappa shape index (κ2) is 4.68. The maximum atomic E-state index is 12.5. The van der Waals surface area contributed by atoms with Crippen LogP contribution >= 0.6 is 23.5 Å². The fourth-order valence-corrected chi connectivity index (χ4v) is 3.90. The maximum Gasteiger partial charge on any atom is 0.240 e. The minimum atomic E-state index is -0.712. The van der Waals surface area contributed by atoms with Gasteiger partial charge in [-0.1, -0.05) is 23.5 Å². The molecule has 3 rings (SSSR count). The van der Waals surface area contributed by atoms with Crippen molar-refractivity contribution >= 4 is 33.6 Å². The molecule has 0 saturated carbocycles. The minimum absolute atomic E-state index is 0.0177. The van der Waals surface area contributed by atoms with Crippen molar-refractivity contribution in [2.75, 3.05) is 14.1 Å². The van der Waals surface area contributed by atoms with Gasteiger partial charge in [0.1, 0.15) is 10.4 Å². The van der Waals surface area contributed by atoms with Crippen LogP contribution in [0.3, 0.4) is 0 Å². The molecule has 7 heteroatoms. The minimum Gasteiger partial charge on any atom is -0.344 e. The smallest absolute Gasteiger partial charge is 0.240 e. The van der Waals surface area contributed by atoms with E-state index in [1.807, 2.05) is 0 Å². The van der Waals surface area contributed by atoms with Gasteiger partial charge in [0.25, 0.3) is 0 Å². The Hall–Kier alpha value is -1.73. The fraction of sp³-hybridized carbons (Fsp3) is 0.154. The quantitative estimate of drug-likeness (QED) is 0.574. The van der Waals surface area contributed by atoms with Gasteiger partial charge in [0.15, 0.2) is 0 Å². The normalized spacial score (nSPS) is 23.3. The molecule has 0 aliphatic carbocycles. The molecule has 5 nitrogen and oxygen atoms in total. The highest BCUT2D eigenvalue weighted by atomic mass is 32.2. The summed E-state index contributed by atoms with van der Waals surface area (Å²) in [6.07, 6.45) is 3.50. The summed E-state index contributed by atoms with van der Waals surface area (Å²) in [6.45, 7) is 0. The molecule has 0 aromatic heterocycles. The van der Waals surface area contributed by atoms with Crippen molar-refractivity contribution in [3.05, 3.63) is 64.3 Å². The van der Waals surface area contributed by atoms with Crippen molar-refractivity contribution in [2.45, 2.75) is 0 Å². The molecule has 102 valence electrons. The Balaban J connectivity index is 2.48. The van der Waals surface area contributed by atoms with E-state index in [2.05, 4.69) is 0 Å². The Morgan fingerprint density at radius 2 is 1.15 bits per heavy atom. The summed E-state index contributed by atoms with van der Waals surface area (Å²) in [6, 6.07) is 0. The Labute approximate surface area is 122 Å². The van der Waals surface area contributed by atoms with E-state index in [1.54, 1.807) is 47.1 Å². The largest absolute Gasteiger partial charge is 0.344 e. The lowest BCUT2D eigenvalue weighted by atomic mass is 10.4. The molecule has 0 unspecified atom stereocenters. The second-order valence-corrected chi connectivity index (χ2v) is 6.16.